The van der Waals surface area contributed by atoms with Crippen molar-refractivity contribution in [1.82, 2.24) is 0 Å². The van der Waals surface area contributed by atoms with Crippen molar-refractivity contribution in [2.24, 2.45) is 5.92 Å². The Morgan fingerprint density at radius 2 is 2.12 bits per heavy atom. The van der Waals surface area contributed by atoms with E-state index in [-0.39, 0.29) is 0 Å². The van der Waals surface area contributed by atoms with Crippen LogP contribution < -0.4 is 4.74 Å². The topological polar surface area (TPSA) is 26.3 Å². The van der Waals surface area contributed by atoms with E-state index in [1.165, 1.54) is 0 Å². The molecule has 2 nitrogen and oxygen atoms in total. The standard InChI is InChI=1S/C14H19BrO2/c1-10(2)8-12(16)6-4-11-5-7-14(17-3)13(15)9-11/h5,7,9-10H,4,6,8H2,1-3H3. The predicted molar refractivity (Wildman–Crippen MR) is 73.5 cm³/mol. The maximum Gasteiger partial charge on any atom is 0.133 e. The van der Waals surface area contributed by atoms with Crippen LogP contribution in [0.2, 0.25) is 0 Å². The van der Waals surface area contributed by atoms with Crippen LogP contribution in [0.4, 0.5) is 0 Å². The van der Waals surface area contributed by atoms with Gasteiger partial charge in [-0.05, 0) is 46.0 Å². The molecule has 0 aliphatic rings. The van der Waals surface area contributed by atoms with Crippen molar-refractivity contribution >= 4 is 21.7 Å². The zero-order valence-electron chi connectivity index (χ0n) is 10.6. The molecular formula is C14H19BrO2. The quantitative estimate of drug-likeness (QED) is 0.793. The average Bonchev–Trinajstić information content (AvgIpc) is 2.25. The largest absolute Gasteiger partial charge is 0.496 e. The zero-order valence-corrected chi connectivity index (χ0v) is 12.2. The van der Waals surface area contributed by atoms with Crippen molar-refractivity contribution in [1.29, 1.82) is 0 Å². The number of aryl methyl sites for hydroxylation is 1. The smallest absolute Gasteiger partial charge is 0.133 e. The maximum atomic E-state index is 11.6. The molecular weight excluding hydrogens is 280 g/mol. The van der Waals surface area contributed by atoms with E-state index in [9.17, 15) is 4.79 Å². The molecule has 0 spiro atoms. The van der Waals surface area contributed by atoms with Crippen LogP contribution in [-0.4, -0.2) is 12.9 Å². The SMILES string of the molecule is COc1ccc(CCC(=O)CC(C)C)cc1Br. The number of carbonyl (C=O) groups excluding carboxylic acids is 1. The van der Waals surface area contributed by atoms with Crippen LogP contribution in [0.1, 0.15) is 32.3 Å². The van der Waals surface area contributed by atoms with Gasteiger partial charge in [-0.2, -0.15) is 0 Å². The van der Waals surface area contributed by atoms with Crippen LogP contribution >= 0.6 is 15.9 Å². The van der Waals surface area contributed by atoms with Crippen LogP contribution in [-0.2, 0) is 11.2 Å². The summed E-state index contributed by atoms with van der Waals surface area (Å²) in [6.45, 7) is 4.14. The summed E-state index contributed by atoms with van der Waals surface area (Å²) in [5.41, 5.74) is 1.16. The lowest BCUT2D eigenvalue weighted by Crippen LogP contribution is -2.04. The second kappa shape index (κ2) is 6.80. The van der Waals surface area contributed by atoms with Crippen molar-refractivity contribution < 1.29 is 9.53 Å². The maximum absolute atomic E-state index is 11.6. The molecule has 0 aliphatic heterocycles. The molecule has 0 heterocycles. The predicted octanol–water partition coefficient (Wildman–Crippen LogP) is 4.01. The fraction of sp³-hybridized carbons (Fsp3) is 0.500. The van der Waals surface area contributed by atoms with Gasteiger partial charge in [-0.3, -0.25) is 4.79 Å². The molecule has 0 saturated carbocycles. The van der Waals surface area contributed by atoms with Gasteiger partial charge in [0.05, 0.1) is 11.6 Å². The zero-order chi connectivity index (χ0) is 12.8. The first-order valence-corrected chi connectivity index (χ1v) is 6.66. The summed E-state index contributed by atoms with van der Waals surface area (Å²) in [4.78, 5) is 11.6. The number of hydrogen-bond donors (Lipinski definition) is 0. The minimum Gasteiger partial charge on any atom is -0.496 e. The third-order valence-corrected chi connectivity index (χ3v) is 3.16. The molecule has 1 rings (SSSR count). The highest BCUT2D eigenvalue weighted by molar-refractivity contribution is 9.10. The Balaban J connectivity index is 2.52. The molecule has 0 aromatic heterocycles. The summed E-state index contributed by atoms with van der Waals surface area (Å²) < 4.78 is 6.10. The summed E-state index contributed by atoms with van der Waals surface area (Å²) in [5.74, 6) is 1.61. The lowest BCUT2D eigenvalue weighted by Gasteiger charge is -2.07. The third kappa shape index (κ3) is 4.90. The summed E-state index contributed by atoms with van der Waals surface area (Å²) in [6, 6.07) is 5.94. The van der Waals surface area contributed by atoms with Gasteiger partial charge in [0.25, 0.3) is 0 Å². The molecule has 0 bridgehead atoms. The molecule has 94 valence electrons. The number of ketones is 1. The molecule has 0 radical (unpaired) electrons. The minimum atomic E-state index is 0.340. The van der Waals surface area contributed by atoms with E-state index >= 15 is 0 Å². The highest BCUT2D eigenvalue weighted by Gasteiger charge is 2.07. The first kappa shape index (κ1) is 14.2. The molecule has 0 saturated heterocycles. The fourth-order valence-electron chi connectivity index (χ4n) is 1.71. The van der Waals surface area contributed by atoms with Gasteiger partial charge in [0, 0.05) is 12.8 Å². The summed E-state index contributed by atoms with van der Waals surface area (Å²) in [7, 11) is 1.64. The second-order valence-corrected chi connectivity index (χ2v) is 5.46. The number of carbonyl (C=O) groups is 1. The lowest BCUT2D eigenvalue weighted by molar-refractivity contribution is -0.119. The van der Waals surface area contributed by atoms with E-state index < -0.39 is 0 Å². The lowest BCUT2D eigenvalue weighted by atomic mass is 10.0. The van der Waals surface area contributed by atoms with E-state index in [0.717, 1.165) is 22.2 Å². The second-order valence-electron chi connectivity index (χ2n) is 4.61. The summed E-state index contributed by atoms with van der Waals surface area (Å²) in [5, 5.41) is 0. The number of Topliss-reactive ketones (excluding diaryl/α,β-unsaturated/α-hetero) is 1. The first-order valence-electron chi connectivity index (χ1n) is 5.87. The number of benzene rings is 1. The van der Waals surface area contributed by atoms with Gasteiger partial charge in [0.15, 0.2) is 0 Å². The summed E-state index contributed by atoms with van der Waals surface area (Å²) >= 11 is 3.44. The molecule has 1 aromatic rings. The van der Waals surface area contributed by atoms with Crippen molar-refractivity contribution in [3.8, 4) is 5.75 Å². The van der Waals surface area contributed by atoms with Gasteiger partial charge in [0.1, 0.15) is 11.5 Å². The van der Waals surface area contributed by atoms with Crippen molar-refractivity contribution in [2.45, 2.75) is 33.1 Å². The van der Waals surface area contributed by atoms with Crippen LogP contribution in [0.3, 0.4) is 0 Å². The highest BCUT2D eigenvalue weighted by atomic mass is 79.9. The normalized spacial score (nSPS) is 10.6. The highest BCUT2D eigenvalue weighted by Crippen LogP contribution is 2.26. The number of halogens is 1. The average molecular weight is 299 g/mol. The van der Waals surface area contributed by atoms with E-state index in [1.807, 2.05) is 18.2 Å². The van der Waals surface area contributed by atoms with Gasteiger partial charge in [0.2, 0.25) is 0 Å². The van der Waals surface area contributed by atoms with Crippen LogP contribution in [0.5, 0.6) is 5.75 Å². The Kier molecular flexibility index (Phi) is 5.69. The molecule has 3 heteroatoms. The van der Waals surface area contributed by atoms with Gasteiger partial charge in [-0.1, -0.05) is 19.9 Å². The Bertz CT molecular complexity index is 386. The van der Waals surface area contributed by atoms with Crippen LogP contribution in [0.15, 0.2) is 22.7 Å². The van der Waals surface area contributed by atoms with E-state index in [1.54, 1.807) is 7.11 Å². The fourth-order valence-corrected chi connectivity index (χ4v) is 2.29. The van der Waals surface area contributed by atoms with Gasteiger partial charge < -0.3 is 4.74 Å². The van der Waals surface area contributed by atoms with Crippen LogP contribution in [0, 0.1) is 5.92 Å². The Morgan fingerprint density at radius 3 is 2.65 bits per heavy atom. The Hall–Kier alpha value is -0.830. The van der Waals surface area contributed by atoms with E-state index in [2.05, 4.69) is 29.8 Å². The van der Waals surface area contributed by atoms with Crippen molar-refractivity contribution in [3.63, 3.8) is 0 Å². The van der Waals surface area contributed by atoms with Crippen LogP contribution in [0.25, 0.3) is 0 Å². The number of methoxy groups -OCH3 is 1. The molecule has 0 N–H and O–H groups in total. The molecule has 0 amide bonds. The first-order chi connectivity index (χ1) is 8.02. The number of ether oxygens (including phenoxy) is 1. The molecule has 1 aromatic carbocycles. The minimum absolute atomic E-state index is 0.340. The number of hydrogen-bond acceptors (Lipinski definition) is 2. The number of rotatable bonds is 6. The molecule has 0 atom stereocenters. The summed E-state index contributed by atoms with van der Waals surface area (Å²) in [6.07, 6.45) is 2.10. The monoisotopic (exact) mass is 298 g/mol. The molecule has 17 heavy (non-hydrogen) atoms. The van der Waals surface area contributed by atoms with Crippen molar-refractivity contribution in [2.75, 3.05) is 7.11 Å². The molecule has 0 unspecified atom stereocenters. The van der Waals surface area contributed by atoms with Crippen molar-refractivity contribution in [3.05, 3.63) is 28.2 Å². The van der Waals surface area contributed by atoms with Gasteiger partial charge in [-0.15, -0.1) is 0 Å². The van der Waals surface area contributed by atoms with Gasteiger partial charge in [-0.25, -0.2) is 0 Å². The third-order valence-electron chi connectivity index (χ3n) is 2.54. The Labute approximate surface area is 111 Å². The molecule has 0 aliphatic carbocycles. The van der Waals surface area contributed by atoms with E-state index in [4.69, 9.17) is 4.74 Å². The van der Waals surface area contributed by atoms with Gasteiger partial charge >= 0.3 is 0 Å². The Morgan fingerprint density at radius 1 is 1.41 bits per heavy atom. The van der Waals surface area contributed by atoms with E-state index in [0.29, 0.717) is 24.5 Å². The molecule has 0 fully saturated rings.